The SMILES string of the molecule is C/C1=C/C(=O)O[C@@H]2C[C@@H](CC[C@H](C)/C=C\C=C\CC1)O[C@](OC(=O)NCCBr)([C@@H]1CSC(=O)N1)C2. The lowest BCUT2D eigenvalue weighted by molar-refractivity contribution is -0.281. The predicted octanol–water partition coefficient (Wildman–Crippen LogP) is 4.99. The van der Waals surface area contributed by atoms with Crippen LogP contribution in [0.5, 0.6) is 0 Å². The maximum atomic E-state index is 12.7. The van der Waals surface area contributed by atoms with Crippen molar-refractivity contribution in [2.24, 2.45) is 5.92 Å². The van der Waals surface area contributed by atoms with Gasteiger partial charge < -0.3 is 24.8 Å². The van der Waals surface area contributed by atoms with E-state index in [1.165, 1.54) is 6.08 Å². The number of carbonyl (C=O) groups is 3. The average Bonchev–Trinajstić information content (AvgIpc) is 3.25. The number of hydrogen-bond donors (Lipinski definition) is 2. The molecule has 8 nitrogen and oxygen atoms in total. The fraction of sp³-hybridized carbons (Fsp3) is 0.640. The van der Waals surface area contributed by atoms with E-state index in [1.807, 2.05) is 13.0 Å². The molecule has 3 rings (SSSR count). The van der Waals surface area contributed by atoms with Gasteiger partial charge in [-0.1, -0.05) is 64.5 Å². The Morgan fingerprint density at radius 2 is 2.14 bits per heavy atom. The van der Waals surface area contributed by atoms with Gasteiger partial charge in [-0.2, -0.15) is 0 Å². The maximum absolute atomic E-state index is 12.7. The summed E-state index contributed by atoms with van der Waals surface area (Å²) in [6.07, 6.45) is 12.2. The summed E-state index contributed by atoms with van der Waals surface area (Å²) < 4.78 is 18.2. The first kappa shape index (κ1) is 27.8. The molecule has 10 heteroatoms. The van der Waals surface area contributed by atoms with Gasteiger partial charge in [0.15, 0.2) is 0 Å². The lowest BCUT2D eigenvalue weighted by Crippen LogP contribution is -2.61. The zero-order valence-electron chi connectivity index (χ0n) is 20.3. The number of allylic oxidation sites excluding steroid dienone is 5. The number of rotatable bonds is 4. The summed E-state index contributed by atoms with van der Waals surface area (Å²) >= 11 is 4.41. The zero-order chi connectivity index (χ0) is 25.3. The Balaban J connectivity index is 1.88. The van der Waals surface area contributed by atoms with Crippen molar-refractivity contribution in [3.8, 4) is 0 Å². The third-order valence-electron chi connectivity index (χ3n) is 6.22. The molecule has 0 aromatic heterocycles. The van der Waals surface area contributed by atoms with Gasteiger partial charge >= 0.3 is 12.1 Å². The van der Waals surface area contributed by atoms with Gasteiger partial charge in [-0.25, -0.2) is 9.59 Å². The van der Waals surface area contributed by atoms with Gasteiger partial charge in [0.25, 0.3) is 5.24 Å². The van der Waals surface area contributed by atoms with E-state index in [2.05, 4.69) is 51.7 Å². The first-order valence-corrected chi connectivity index (χ1v) is 14.3. The van der Waals surface area contributed by atoms with Gasteiger partial charge in [0.2, 0.25) is 5.79 Å². The summed E-state index contributed by atoms with van der Waals surface area (Å²) in [5, 5.41) is 5.93. The highest BCUT2D eigenvalue weighted by atomic mass is 79.9. The van der Waals surface area contributed by atoms with Crippen molar-refractivity contribution in [2.75, 3.05) is 17.6 Å². The number of nitrogens with one attached hydrogen (secondary N) is 2. The van der Waals surface area contributed by atoms with Crippen molar-refractivity contribution in [1.29, 1.82) is 0 Å². The quantitative estimate of drug-likeness (QED) is 0.362. The van der Waals surface area contributed by atoms with Gasteiger partial charge in [-0.05, 0) is 38.5 Å². The molecule has 0 radical (unpaired) electrons. The Morgan fingerprint density at radius 1 is 1.31 bits per heavy atom. The summed E-state index contributed by atoms with van der Waals surface area (Å²) in [7, 11) is 0. The first-order valence-electron chi connectivity index (χ1n) is 12.1. The molecule has 0 spiro atoms. The van der Waals surface area contributed by atoms with Gasteiger partial charge in [-0.15, -0.1) is 0 Å². The Kier molecular flexibility index (Phi) is 10.7. The molecular weight excluding hydrogens is 536 g/mol. The van der Waals surface area contributed by atoms with Crippen LogP contribution in [-0.4, -0.2) is 59.0 Å². The second-order valence-corrected chi connectivity index (χ2v) is 11.0. The first-order chi connectivity index (χ1) is 16.8. The molecule has 5 atom stereocenters. The van der Waals surface area contributed by atoms with Crippen LogP contribution in [0.25, 0.3) is 0 Å². The number of esters is 1. The Labute approximate surface area is 219 Å². The number of thioether (sulfide) groups is 1. The van der Waals surface area contributed by atoms with Crippen molar-refractivity contribution in [1.82, 2.24) is 10.6 Å². The second-order valence-electron chi connectivity index (χ2n) is 9.25. The number of amides is 2. The fourth-order valence-electron chi connectivity index (χ4n) is 4.42. The molecule has 2 N–H and O–H groups in total. The normalized spacial score (nSPS) is 35.7. The number of alkyl halides is 1. The number of fused-ring (bicyclic) bond motifs is 2. The molecule has 3 aliphatic heterocycles. The van der Waals surface area contributed by atoms with E-state index in [4.69, 9.17) is 14.2 Å². The van der Waals surface area contributed by atoms with Crippen LogP contribution in [0, 0.1) is 5.92 Å². The minimum atomic E-state index is -1.44. The van der Waals surface area contributed by atoms with E-state index in [1.54, 1.807) is 0 Å². The monoisotopic (exact) mass is 570 g/mol. The molecule has 35 heavy (non-hydrogen) atoms. The molecule has 0 unspecified atom stereocenters. The van der Waals surface area contributed by atoms with Crippen molar-refractivity contribution in [3.05, 3.63) is 36.0 Å². The highest BCUT2D eigenvalue weighted by molar-refractivity contribution is 9.09. The molecule has 3 aliphatic rings. The average molecular weight is 572 g/mol. The second kappa shape index (κ2) is 13.5. The molecular formula is C25H35BrN2O6S. The third kappa shape index (κ3) is 8.68. The maximum Gasteiger partial charge on any atom is 0.409 e. The van der Waals surface area contributed by atoms with Gasteiger partial charge in [-0.3, -0.25) is 4.79 Å². The van der Waals surface area contributed by atoms with E-state index in [-0.39, 0.29) is 17.8 Å². The Bertz CT molecular complexity index is 863. The molecule has 0 aliphatic carbocycles. The lowest BCUT2D eigenvalue weighted by atomic mass is 9.90. The van der Waals surface area contributed by atoms with Crippen LogP contribution in [0.3, 0.4) is 0 Å². The van der Waals surface area contributed by atoms with E-state index >= 15 is 0 Å². The number of ether oxygens (including phenoxy) is 3. The topological polar surface area (TPSA) is 103 Å². The van der Waals surface area contributed by atoms with E-state index < -0.39 is 30.0 Å². The number of hydrogen-bond acceptors (Lipinski definition) is 7. The summed E-state index contributed by atoms with van der Waals surface area (Å²) in [6, 6.07) is -0.552. The van der Waals surface area contributed by atoms with Crippen LogP contribution >= 0.6 is 27.7 Å². The smallest absolute Gasteiger partial charge is 0.409 e. The zero-order valence-corrected chi connectivity index (χ0v) is 22.7. The summed E-state index contributed by atoms with van der Waals surface area (Å²) in [4.78, 5) is 37.4. The minimum Gasteiger partial charge on any atom is -0.459 e. The minimum absolute atomic E-state index is 0.146. The summed E-state index contributed by atoms with van der Waals surface area (Å²) in [6.45, 7) is 4.44. The molecule has 2 fully saturated rings. The van der Waals surface area contributed by atoms with Gasteiger partial charge in [0.05, 0.1) is 12.5 Å². The standard InChI is InChI=1S/C25H35BrN2O6S/c1-17-7-5-3-4-6-8-18(2)13-22(29)32-20-14-19(10-9-17)33-25(15-20,21-16-35-24(31)28-21)34-23(30)27-12-11-26/h3-5,7,13,17,19-21H,6,8-12,14-16H2,1-2H3,(H,27,30)(H,28,31)/b4-3+,7-5-,18-13-/t17-,19-,20-,21+,25-/m1/s1. The van der Waals surface area contributed by atoms with Crippen molar-refractivity contribution in [2.45, 2.75) is 76.4 Å². The number of halogens is 1. The number of alkyl carbamates (subject to hydrolysis) is 1. The largest absolute Gasteiger partial charge is 0.459 e. The molecule has 0 saturated carbocycles. The Morgan fingerprint density at radius 3 is 2.89 bits per heavy atom. The summed E-state index contributed by atoms with van der Waals surface area (Å²) in [5.41, 5.74) is 0.934. The van der Waals surface area contributed by atoms with Crippen LogP contribution in [0.2, 0.25) is 0 Å². The number of carbonyl (C=O) groups excluding carboxylic acids is 3. The molecule has 2 bridgehead atoms. The summed E-state index contributed by atoms with van der Waals surface area (Å²) in [5.74, 6) is -1.14. The molecule has 194 valence electrons. The highest BCUT2D eigenvalue weighted by Gasteiger charge is 2.54. The van der Waals surface area contributed by atoms with E-state index in [0.29, 0.717) is 36.4 Å². The van der Waals surface area contributed by atoms with Crippen LogP contribution in [0.1, 0.15) is 52.4 Å². The molecule has 3 heterocycles. The molecule has 2 amide bonds. The van der Waals surface area contributed by atoms with E-state index in [0.717, 1.165) is 36.6 Å². The Hall–Kier alpha value is -1.78. The fourth-order valence-corrected chi connectivity index (χ4v) is 5.50. The molecule has 0 aromatic carbocycles. The van der Waals surface area contributed by atoms with Crippen LogP contribution in [-0.2, 0) is 19.0 Å². The van der Waals surface area contributed by atoms with Crippen LogP contribution < -0.4 is 10.6 Å². The third-order valence-corrected chi connectivity index (χ3v) is 7.50. The predicted molar refractivity (Wildman–Crippen MR) is 139 cm³/mol. The van der Waals surface area contributed by atoms with Gasteiger partial charge in [0, 0.05) is 30.1 Å². The van der Waals surface area contributed by atoms with Crippen molar-refractivity contribution < 1.29 is 28.6 Å². The van der Waals surface area contributed by atoms with Crippen LogP contribution in [0.15, 0.2) is 36.0 Å². The van der Waals surface area contributed by atoms with E-state index in [9.17, 15) is 14.4 Å². The van der Waals surface area contributed by atoms with Gasteiger partial charge in [0.1, 0.15) is 12.1 Å². The van der Waals surface area contributed by atoms with Crippen molar-refractivity contribution in [3.63, 3.8) is 0 Å². The van der Waals surface area contributed by atoms with Crippen molar-refractivity contribution >= 4 is 45.0 Å². The van der Waals surface area contributed by atoms with Crippen LogP contribution in [0.4, 0.5) is 9.59 Å². The molecule has 2 saturated heterocycles. The lowest BCUT2D eigenvalue weighted by Gasteiger charge is -2.46. The highest BCUT2D eigenvalue weighted by Crippen LogP contribution is 2.39. The molecule has 0 aromatic rings.